The molecule has 1 aliphatic carbocycles. The number of nitrogens with zero attached hydrogens (tertiary/aromatic N) is 1. The van der Waals surface area contributed by atoms with Gasteiger partial charge in [0.05, 0.1) is 4.92 Å². The second-order valence-corrected chi connectivity index (χ2v) is 6.28. The number of para-hydroxylation sites is 1. The molecule has 1 fully saturated rings. The molecule has 0 bridgehead atoms. The summed E-state index contributed by atoms with van der Waals surface area (Å²) >= 11 is 0. The molecule has 0 spiro atoms. The van der Waals surface area contributed by atoms with Crippen LogP contribution in [-0.4, -0.2) is 26.4 Å². The molecule has 0 radical (unpaired) electrons. The average Bonchev–Trinajstić information content (AvgIpc) is 3.02. The number of hydrogen-bond acceptors (Lipinski definition) is 5. The number of anilines is 1. The van der Waals surface area contributed by atoms with E-state index >= 15 is 0 Å². The van der Waals surface area contributed by atoms with Gasteiger partial charge < -0.3 is 5.32 Å². The number of hydrogen-bond donors (Lipinski definition) is 2. The van der Waals surface area contributed by atoms with Gasteiger partial charge in [-0.3, -0.25) is 10.1 Å². The molecule has 0 aromatic heterocycles. The monoisotopic (exact) mass is 285 g/mol. The van der Waals surface area contributed by atoms with Crippen LogP contribution in [0.1, 0.15) is 13.3 Å². The van der Waals surface area contributed by atoms with Crippen LogP contribution in [0.15, 0.2) is 23.1 Å². The lowest BCUT2D eigenvalue weighted by Gasteiger charge is -2.09. The largest absolute Gasteiger partial charge is 0.383 e. The quantitative estimate of drug-likeness (QED) is 0.627. The van der Waals surface area contributed by atoms with Crippen molar-refractivity contribution in [3.05, 3.63) is 28.3 Å². The molecular formula is C11H15N3O4S. The molecule has 2 unspecified atom stereocenters. The third-order valence-corrected chi connectivity index (χ3v) is 4.68. The summed E-state index contributed by atoms with van der Waals surface area (Å²) in [6.07, 6.45) is 0.763. The Morgan fingerprint density at radius 1 is 1.42 bits per heavy atom. The highest BCUT2D eigenvalue weighted by Crippen LogP contribution is 2.35. The van der Waals surface area contributed by atoms with Gasteiger partial charge in [-0.05, 0) is 24.5 Å². The van der Waals surface area contributed by atoms with Crippen LogP contribution in [0.25, 0.3) is 0 Å². The number of benzene rings is 1. The lowest BCUT2D eigenvalue weighted by atomic mass is 10.3. The van der Waals surface area contributed by atoms with Crippen LogP contribution in [0.5, 0.6) is 0 Å². The highest BCUT2D eigenvalue weighted by Gasteiger charge is 2.38. The number of sulfonamides is 1. The van der Waals surface area contributed by atoms with E-state index in [1.54, 1.807) is 0 Å². The summed E-state index contributed by atoms with van der Waals surface area (Å²) in [7, 11) is -2.36. The van der Waals surface area contributed by atoms with Crippen molar-refractivity contribution < 1.29 is 13.3 Å². The first kappa shape index (κ1) is 13.8. The molecule has 1 aromatic carbocycles. The van der Waals surface area contributed by atoms with E-state index in [1.807, 2.05) is 6.92 Å². The van der Waals surface area contributed by atoms with E-state index in [1.165, 1.54) is 25.2 Å². The highest BCUT2D eigenvalue weighted by atomic mass is 32.2. The Bertz CT molecular complexity index is 614. The topological polar surface area (TPSA) is 101 Å². The third-order valence-electron chi connectivity index (χ3n) is 3.16. The van der Waals surface area contributed by atoms with Crippen LogP contribution in [0.2, 0.25) is 0 Å². The van der Waals surface area contributed by atoms with Gasteiger partial charge in [-0.15, -0.1) is 0 Å². The van der Waals surface area contributed by atoms with Gasteiger partial charge in [-0.25, -0.2) is 13.1 Å². The van der Waals surface area contributed by atoms with Crippen LogP contribution >= 0.6 is 0 Å². The van der Waals surface area contributed by atoms with E-state index in [0.29, 0.717) is 0 Å². The summed E-state index contributed by atoms with van der Waals surface area (Å²) in [5.74, 6) is 0.279. The van der Waals surface area contributed by atoms with Gasteiger partial charge >= 0.3 is 5.69 Å². The Morgan fingerprint density at radius 2 is 2.05 bits per heavy atom. The van der Waals surface area contributed by atoms with Crippen LogP contribution < -0.4 is 10.0 Å². The first-order chi connectivity index (χ1) is 8.86. The smallest absolute Gasteiger partial charge is 0.312 e. The maximum atomic E-state index is 12.2. The lowest BCUT2D eigenvalue weighted by molar-refractivity contribution is -0.386. The van der Waals surface area contributed by atoms with Crippen molar-refractivity contribution in [3.8, 4) is 0 Å². The zero-order chi connectivity index (χ0) is 14.2. The SMILES string of the molecule is CNc1cccc(S(=O)(=O)NC2CC2C)c1[N+](=O)[O-]. The molecule has 1 aliphatic rings. The minimum Gasteiger partial charge on any atom is -0.383 e. The Kier molecular flexibility index (Phi) is 3.46. The summed E-state index contributed by atoms with van der Waals surface area (Å²) in [6.45, 7) is 1.92. The van der Waals surface area contributed by atoms with E-state index < -0.39 is 20.6 Å². The van der Waals surface area contributed by atoms with Crippen molar-refractivity contribution in [3.63, 3.8) is 0 Å². The molecule has 1 aromatic rings. The van der Waals surface area contributed by atoms with Gasteiger partial charge in [0, 0.05) is 13.1 Å². The summed E-state index contributed by atoms with van der Waals surface area (Å²) < 4.78 is 26.8. The molecule has 0 aliphatic heterocycles. The summed E-state index contributed by atoms with van der Waals surface area (Å²) in [5.41, 5.74) is -0.248. The van der Waals surface area contributed by atoms with Crippen molar-refractivity contribution >= 4 is 21.4 Å². The fraction of sp³-hybridized carbons (Fsp3) is 0.455. The summed E-state index contributed by atoms with van der Waals surface area (Å²) in [6, 6.07) is 4.07. The van der Waals surface area contributed by atoms with Crippen LogP contribution in [0, 0.1) is 16.0 Å². The molecule has 19 heavy (non-hydrogen) atoms. The van der Waals surface area contributed by atoms with Crippen molar-refractivity contribution in [2.75, 3.05) is 12.4 Å². The zero-order valence-corrected chi connectivity index (χ0v) is 11.4. The third kappa shape index (κ3) is 2.69. The van der Waals surface area contributed by atoms with Gasteiger partial charge in [-0.1, -0.05) is 13.0 Å². The van der Waals surface area contributed by atoms with Crippen molar-refractivity contribution in [2.45, 2.75) is 24.3 Å². The second kappa shape index (κ2) is 4.78. The fourth-order valence-electron chi connectivity index (χ4n) is 1.88. The first-order valence-electron chi connectivity index (χ1n) is 5.84. The number of rotatable bonds is 5. The zero-order valence-electron chi connectivity index (χ0n) is 10.6. The van der Waals surface area contributed by atoms with E-state index in [2.05, 4.69) is 10.0 Å². The fourth-order valence-corrected chi connectivity index (χ4v) is 3.43. The average molecular weight is 285 g/mol. The van der Waals surface area contributed by atoms with E-state index in [4.69, 9.17) is 0 Å². The van der Waals surface area contributed by atoms with Gasteiger partial charge in [0.25, 0.3) is 0 Å². The molecule has 2 atom stereocenters. The molecule has 7 nitrogen and oxygen atoms in total. The molecule has 104 valence electrons. The lowest BCUT2D eigenvalue weighted by Crippen LogP contribution is -2.27. The highest BCUT2D eigenvalue weighted by molar-refractivity contribution is 7.89. The Balaban J connectivity index is 2.46. The maximum Gasteiger partial charge on any atom is 0.312 e. The van der Waals surface area contributed by atoms with Crippen LogP contribution in [0.4, 0.5) is 11.4 Å². The summed E-state index contributed by atoms with van der Waals surface area (Å²) in [4.78, 5) is 10.1. The Labute approximate surface area is 111 Å². The van der Waals surface area contributed by atoms with E-state index in [-0.39, 0.29) is 22.5 Å². The van der Waals surface area contributed by atoms with Gasteiger partial charge in [-0.2, -0.15) is 0 Å². The normalized spacial score (nSPS) is 22.0. The predicted octanol–water partition coefficient (Wildman–Crippen LogP) is 1.32. The van der Waals surface area contributed by atoms with Gasteiger partial charge in [0.1, 0.15) is 5.69 Å². The summed E-state index contributed by atoms with van der Waals surface area (Å²) in [5, 5.41) is 13.7. The standard InChI is InChI=1S/C11H15N3O4S/c1-7-6-9(7)13-19(17,18)10-5-3-4-8(12-2)11(10)14(15)16/h3-5,7,9,12-13H,6H2,1-2H3. The van der Waals surface area contributed by atoms with Crippen molar-refractivity contribution in [1.82, 2.24) is 4.72 Å². The van der Waals surface area contributed by atoms with E-state index in [0.717, 1.165) is 6.42 Å². The minimum absolute atomic E-state index is 0.122. The number of nitro benzene ring substituents is 1. The second-order valence-electron chi connectivity index (χ2n) is 4.60. The maximum absolute atomic E-state index is 12.2. The van der Waals surface area contributed by atoms with E-state index in [9.17, 15) is 18.5 Å². The number of nitrogens with one attached hydrogen (secondary N) is 2. The number of nitro groups is 1. The molecule has 2 rings (SSSR count). The first-order valence-corrected chi connectivity index (χ1v) is 7.32. The molecule has 1 saturated carbocycles. The van der Waals surface area contributed by atoms with Crippen LogP contribution in [-0.2, 0) is 10.0 Å². The van der Waals surface area contributed by atoms with Crippen molar-refractivity contribution in [2.24, 2.45) is 5.92 Å². The molecule has 0 heterocycles. The minimum atomic E-state index is -3.87. The predicted molar refractivity (Wildman–Crippen MR) is 70.5 cm³/mol. The Hall–Kier alpha value is -1.67. The van der Waals surface area contributed by atoms with Gasteiger partial charge in [0.15, 0.2) is 4.90 Å². The molecule has 8 heteroatoms. The molecular weight excluding hydrogens is 270 g/mol. The molecule has 0 amide bonds. The molecule has 0 saturated heterocycles. The molecule has 2 N–H and O–H groups in total. The Morgan fingerprint density at radius 3 is 2.53 bits per heavy atom. The van der Waals surface area contributed by atoms with Crippen molar-refractivity contribution in [1.29, 1.82) is 0 Å². The van der Waals surface area contributed by atoms with Gasteiger partial charge in [0.2, 0.25) is 10.0 Å². The van der Waals surface area contributed by atoms with Crippen LogP contribution in [0.3, 0.4) is 0 Å².